The molecule has 5 N–H and O–H groups in total. The molecule has 0 aromatic rings. The van der Waals surface area contributed by atoms with E-state index in [1.54, 1.807) is 13.8 Å². The highest BCUT2D eigenvalue weighted by atomic mass is 16.7. The van der Waals surface area contributed by atoms with Crippen LogP contribution < -0.4 is 0 Å². The summed E-state index contributed by atoms with van der Waals surface area (Å²) < 4.78 is 21.0. The Morgan fingerprint density at radius 2 is 1.41 bits per heavy atom. The van der Waals surface area contributed by atoms with Crippen LogP contribution in [0.5, 0.6) is 0 Å². The summed E-state index contributed by atoms with van der Waals surface area (Å²) in [6.45, 7) is 3.41. The van der Waals surface area contributed by atoms with Crippen molar-refractivity contribution in [2.24, 2.45) is 0 Å². The standard InChI is InChI=1S/C13H24O9/c1-5(2)21-6-4-20-13(11(17)9(6)15)22-7-3-19-12(18)10(16)8(7)14/h5-18H,3-4H2,1-2H3/t6-,7-,8?,9?,10?,11?,12-,13+/m1/s1. The molecule has 2 saturated heterocycles. The lowest BCUT2D eigenvalue weighted by Gasteiger charge is -2.41. The van der Waals surface area contributed by atoms with E-state index in [0.29, 0.717) is 0 Å². The lowest BCUT2D eigenvalue weighted by Crippen LogP contribution is -2.59. The molecule has 22 heavy (non-hydrogen) atoms. The highest BCUT2D eigenvalue weighted by molar-refractivity contribution is 4.88. The van der Waals surface area contributed by atoms with E-state index in [-0.39, 0.29) is 19.3 Å². The number of ether oxygens (including phenoxy) is 4. The van der Waals surface area contributed by atoms with E-state index < -0.39 is 49.2 Å². The van der Waals surface area contributed by atoms with Crippen LogP contribution in [0.2, 0.25) is 0 Å². The van der Waals surface area contributed by atoms with Crippen LogP contribution in [-0.4, -0.2) is 94.1 Å². The summed E-state index contributed by atoms with van der Waals surface area (Å²) in [5, 5.41) is 48.7. The largest absolute Gasteiger partial charge is 0.387 e. The summed E-state index contributed by atoms with van der Waals surface area (Å²) in [7, 11) is 0. The van der Waals surface area contributed by atoms with E-state index in [1.165, 1.54) is 0 Å². The molecular weight excluding hydrogens is 300 g/mol. The topological polar surface area (TPSA) is 138 Å². The number of aliphatic hydroxyl groups is 5. The fraction of sp³-hybridized carbons (Fsp3) is 1.00. The number of hydrogen-bond acceptors (Lipinski definition) is 9. The minimum atomic E-state index is -1.53. The Labute approximate surface area is 128 Å². The van der Waals surface area contributed by atoms with Crippen molar-refractivity contribution in [2.75, 3.05) is 13.2 Å². The maximum atomic E-state index is 10.0. The highest BCUT2D eigenvalue weighted by Gasteiger charge is 2.45. The summed E-state index contributed by atoms with van der Waals surface area (Å²) in [5.41, 5.74) is 0. The van der Waals surface area contributed by atoms with Crippen LogP contribution in [0.1, 0.15) is 13.8 Å². The molecule has 0 bridgehead atoms. The molecular formula is C13H24O9. The number of hydrogen-bond donors (Lipinski definition) is 5. The van der Waals surface area contributed by atoms with Gasteiger partial charge < -0.3 is 44.5 Å². The maximum absolute atomic E-state index is 10.0. The quantitative estimate of drug-likeness (QED) is 0.374. The minimum Gasteiger partial charge on any atom is -0.387 e. The fourth-order valence-corrected chi connectivity index (χ4v) is 2.43. The van der Waals surface area contributed by atoms with E-state index >= 15 is 0 Å². The average molecular weight is 324 g/mol. The smallest absolute Gasteiger partial charge is 0.186 e. The molecule has 0 saturated carbocycles. The molecule has 0 aliphatic carbocycles. The van der Waals surface area contributed by atoms with E-state index in [2.05, 4.69) is 0 Å². The maximum Gasteiger partial charge on any atom is 0.186 e. The second-order valence-corrected chi connectivity index (χ2v) is 5.79. The van der Waals surface area contributed by atoms with E-state index in [4.69, 9.17) is 18.9 Å². The first kappa shape index (κ1) is 18.0. The van der Waals surface area contributed by atoms with Crippen LogP contribution in [0, 0.1) is 0 Å². The molecule has 4 unspecified atom stereocenters. The summed E-state index contributed by atoms with van der Waals surface area (Å²) in [5.74, 6) is 0. The molecule has 8 atom stereocenters. The van der Waals surface area contributed by atoms with E-state index in [9.17, 15) is 25.5 Å². The van der Waals surface area contributed by atoms with Crippen LogP contribution in [0.15, 0.2) is 0 Å². The Hall–Kier alpha value is -0.360. The molecule has 130 valence electrons. The molecule has 0 amide bonds. The van der Waals surface area contributed by atoms with Crippen molar-refractivity contribution < 1.29 is 44.5 Å². The first-order valence-electron chi connectivity index (χ1n) is 7.25. The Morgan fingerprint density at radius 1 is 0.818 bits per heavy atom. The molecule has 2 fully saturated rings. The molecule has 0 spiro atoms. The van der Waals surface area contributed by atoms with Gasteiger partial charge in [-0.1, -0.05) is 0 Å². The molecule has 2 heterocycles. The van der Waals surface area contributed by atoms with Gasteiger partial charge in [-0.05, 0) is 13.8 Å². The van der Waals surface area contributed by atoms with Crippen molar-refractivity contribution in [1.82, 2.24) is 0 Å². The molecule has 2 aliphatic rings. The SMILES string of the molecule is CC(C)O[C@@H]1CO[C@@H](O[C@@H]2CO[C@@H](O)C(O)C2O)C(O)C1O. The zero-order valence-corrected chi connectivity index (χ0v) is 12.5. The predicted octanol–water partition coefficient (Wildman–Crippen LogP) is -2.69. The first-order chi connectivity index (χ1) is 10.3. The van der Waals surface area contributed by atoms with Crippen molar-refractivity contribution in [1.29, 1.82) is 0 Å². The van der Waals surface area contributed by atoms with Gasteiger partial charge in [-0.25, -0.2) is 0 Å². The molecule has 2 aliphatic heterocycles. The Morgan fingerprint density at radius 3 is 2.05 bits per heavy atom. The van der Waals surface area contributed by atoms with Gasteiger partial charge in [0.25, 0.3) is 0 Å². The third kappa shape index (κ3) is 3.94. The molecule has 0 aromatic carbocycles. The van der Waals surface area contributed by atoms with Crippen molar-refractivity contribution >= 4 is 0 Å². The van der Waals surface area contributed by atoms with Gasteiger partial charge in [0, 0.05) is 0 Å². The zero-order valence-electron chi connectivity index (χ0n) is 12.5. The third-order valence-corrected chi connectivity index (χ3v) is 3.64. The molecule has 9 nitrogen and oxygen atoms in total. The van der Waals surface area contributed by atoms with E-state index in [1.807, 2.05) is 0 Å². The van der Waals surface area contributed by atoms with Crippen LogP contribution in [0.3, 0.4) is 0 Å². The summed E-state index contributed by atoms with van der Waals surface area (Å²) >= 11 is 0. The van der Waals surface area contributed by atoms with Gasteiger partial charge >= 0.3 is 0 Å². The van der Waals surface area contributed by atoms with Gasteiger partial charge in [0.1, 0.15) is 36.6 Å². The molecule has 0 radical (unpaired) electrons. The Bertz CT molecular complexity index is 352. The monoisotopic (exact) mass is 324 g/mol. The predicted molar refractivity (Wildman–Crippen MR) is 70.6 cm³/mol. The van der Waals surface area contributed by atoms with Crippen molar-refractivity contribution in [3.05, 3.63) is 0 Å². The van der Waals surface area contributed by atoms with Gasteiger partial charge in [0.15, 0.2) is 12.6 Å². The van der Waals surface area contributed by atoms with Gasteiger partial charge in [-0.2, -0.15) is 0 Å². The van der Waals surface area contributed by atoms with Gasteiger partial charge in [-0.15, -0.1) is 0 Å². The number of aliphatic hydroxyl groups excluding tert-OH is 5. The Kier molecular flexibility index (Phi) is 6.11. The minimum absolute atomic E-state index is 0.00985. The van der Waals surface area contributed by atoms with Crippen molar-refractivity contribution in [2.45, 2.75) is 69.2 Å². The first-order valence-corrected chi connectivity index (χ1v) is 7.25. The molecule has 9 heteroatoms. The normalized spacial score (nSPS) is 46.9. The summed E-state index contributed by atoms with van der Waals surface area (Å²) in [6, 6.07) is 0. The Balaban J connectivity index is 1.91. The van der Waals surface area contributed by atoms with Crippen LogP contribution in [0.4, 0.5) is 0 Å². The number of rotatable bonds is 4. The summed E-state index contributed by atoms with van der Waals surface area (Å²) in [6.07, 6.45) is -10.1. The third-order valence-electron chi connectivity index (χ3n) is 3.64. The second kappa shape index (κ2) is 7.47. The molecule has 2 rings (SSSR count). The second-order valence-electron chi connectivity index (χ2n) is 5.79. The van der Waals surface area contributed by atoms with E-state index in [0.717, 1.165) is 0 Å². The van der Waals surface area contributed by atoms with Crippen LogP contribution in [0.25, 0.3) is 0 Å². The molecule has 0 aromatic heterocycles. The lowest BCUT2D eigenvalue weighted by molar-refractivity contribution is -0.327. The van der Waals surface area contributed by atoms with Crippen molar-refractivity contribution in [3.8, 4) is 0 Å². The van der Waals surface area contributed by atoms with Gasteiger partial charge in [0.05, 0.1) is 19.3 Å². The average Bonchev–Trinajstić information content (AvgIpc) is 2.46. The lowest BCUT2D eigenvalue weighted by atomic mass is 10.0. The highest BCUT2D eigenvalue weighted by Crippen LogP contribution is 2.24. The van der Waals surface area contributed by atoms with Crippen LogP contribution in [-0.2, 0) is 18.9 Å². The summed E-state index contributed by atoms with van der Waals surface area (Å²) in [4.78, 5) is 0. The zero-order chi connectivity index (χ0) is 16.4. The van der Waals surface area contributed by atoms with Gasteiger partial charge in [0.2, 0.25) is 0 Å². The van der Waals surface area contributed by atoms with Crippen LogP contribution >= 0.6 is 0 Å². The fourth-order valence-electron chi connectivity index (χ4n) is 2.43. The van der Waals surface area contributed by atoms with Crippen molar-refractivity contribution in [3.63, 3.8) is 0 Å². The van der Waals surface area contributed by atoms with Gasteiger partial charge in [-0.3, -0.25) is 0 Å².